The van der Waals surface area contributed by atoms with Gasteiger partial charge in [0.1, 0.15) is 5.82 Å². The molecule has 6 rings (SSSR count). The number of anilines is 4. The van der Waals surface area contributed by atoms with Crippen LogP contribution in [0.1, 0.15) is 96.4 Å². The van der Waals surface area contributed by atoms with Gasteiger partial charge >= 0.3 is 6.98 Å². The highest BCUT2D eigenvalue weighted by molar-refractivity contribution is 6.84. The van der Waals surface area contributed by atoms with E-state index in [1.54, 1.807) is 0 Å². The SMILES string of the molecule is Cc1ccnc2c1N(c1ccccc1)B(c1cc3c(cc1C(C)C)C(C)(C)CC(C)(C)CC3(C)C)N2c1ccccc1. The molecule has 0 saturated carbocycles. The van der Waals surface area contributed by atoms with E-state index in [1.165, 1.54) is 45.5 Å². The Labute approximate surface area is 254 Å². The van der Waals surface area contributed by atoms with Crippen molar-refractivity contribution >= 4 is 35.3 Å². The Morgan fingerprint density at radius 1 is 0.714 bits per heavy atom. The molecule has 4 heteroatoms. The molecule has 2 heterocycles. The number of para-hydroxylation sites is 2. The number of rotatable bonds is 4. The molecule has 2 aliphatic rings. The lowest BCUT2D eigenvalue weighted by atomic mass is 9.59. The first kappa shape index (κ1) is 28.6. The Bertz CT molecular complexity index is 1600. The van der Waals surface area contributed by atoms with Gasteiger partial charge in [-0.05, 0) is 100.0 Å². The maximum atomic E-state index is 5.06. The molecule has 4 aromatic rings. The normalized spacial score (nSPS) is 18.6. The molecule has 0 fully saturated rings. The van der Waals surface area contributed by atoms with Crippen molar-refractivity contribution in [3.63, 3.8) is 0 Å². The van der Waals surface area contributed by atoms with Crippen molar-refractivity contribution in [3.05, 3.63) is 107 Å². The Kier molecular flexibility index (Phi) is 6.83. The lowest BCUT2D eigenvalue weighted by Gasteiger charge is -2.36. The van der Waals surface area contributed by atoms with E-state index in [0.717, 1.165) is 17.9 Å². The van der Waals surface area contributed by atoms with Crippen molar-refractivity contribution < 1.29 is 0 Å². The summed E-state index contributed by atoms with van der Waals surface area (Å²) in [6.45, 7) is 21.6. The molecule has 0 N–H and O–H groups in total. The van der Waals surface area contributed by atoms with Crippen LogP contribution >= 0.6 is 0 Å². The second-order valence-electron chi connectivity index (χ2n) is 15.1. The molecule has 1 aliphatic heterocycles. The van der Waals surface area contributed by atoms with Gasteiger partial charge in [-0.1, -0.05) is 104 Å². The zero-order valence-corrected chi connectivity index (χ0v) is 27.0. The molecule has 0 atom stereocenters. The molecule has 42 heavy (non-hydrogen) atoms. The molecule has 0 radical (unpaired) electrons. The fourth-order valence-corrected chi connectivity index (χ4v) is 8.48. The van der Waals surface area contributed by atoms with Gasteiger partial charge in [-0.25, -0.2) is 4.98 Å². The first-order valence-electron chi connectivity index (χ1n) is 15.6. The van der Waals surface area contributed by atoms with Crippen molar-refractivity contribution in [1.82, 2.24) is 4.98 Å². The molecule has 0 bridgehead atoms. The minimum atomic E-state index is -0.0729. The van der Waals surface area contributed by atoms with Crippen molar-refractivity contribution in [2.24, 2.45) is 5.41 Å². The predicted molar refractivity (Wildman–Crippen MR) is 181 cm³/mol. The van der Waals surface area contributed by atoms with E-state index in [4.69, 9.17) is 4.98 Å². The van der Waals surface area contributed by atoms with Crippen LogP contribution in [0.5, 0.6) is 0 Å². The van der Waals surface area contributed by atoms with Crippen molar-refractivity contribution in [1.29, 1.82) is 0 Å². The summed E-state index contributed by atoms with van der Waals surface area (Å²) in [6.07, 6.45) is 4.30. The zero-order chi connectivity index (χ0) is 30.0. The Morgan fingerprint density at radius 3 is 1.79 bits per heavy atom. The minimum Gasteiger partial charge on any atom is -0.358 e. The van der Waals surface area contributed by atoms with E-state index in [1.807, 2.05) is 6.20 Å². The number of hydrogen-bond donors (Lipinski definition) is 0. The smallest absolute Gasteiger partial charge is 0.358 e. The highest BCUT2D eigenvalue weighted by Crippen LogP contribution is 2.52. The molecule has 0 spiro atoms. The first-order valence-corrected chi connectivity index (χ1v) is 15.6. The van der Waals surface area contributed by atoms with E-state index >= 15 is 0 Å². The standard InChI is InChI=1S/C38H46BN3/c1-26(2)30-22-31-32(38(8,9)25-36(4,5)24-37(31,6)7)23-33(30)39-41(28-16-12-10-13-17-28)34-27(3)20-21-40-35(34)42(39)29-18-14-11-15-19-29/h10-23,26H,24-25H2,1-9H3. The van der Waals surface area contributed by atoms with Gasteiger partial charge in [0.25, 0.3) is 0 Å². The van der Waals surface area contributed by atoms with Crippen LogP contribution in [0.25, 0.3) is 0 Å². The molecule has 0 amide bonds. The van der Waals surface area contributed by atoms with Gasteiger partial charge in [0.05, 0.1) is 5.69 Å². The van der Waals surface area contributed by atoms with Crippen LogP contribution in [0.2, 0.25) is 0 Å². The summed E-state index contributed by atoms with van der Waals surface area (Å²) in [4.78, 5) is 10.1. The van der Waals surface area contributed by atoms with Crippen LogP contribution in [-0.4, -0.2) is 12.0 Å². The number of fused-ring (bicyclic) bond motifs is 2. The van der Waals surface area contributed by atoms with Gasteiger partial charge < -0.3 is 9.62 Å². The van der Waals surface area contributed by atoms with Crippen LogP contribution in [-0.2, 0) is 10.8 Å². The largest absolute Gasteiger partial charge is 0.422 e. The number of nitrogens with zero attached hydrogens (tertiary/aromatic N) is 3. The summed E-state index contributed by atoms with van der Waals surface area (Å²) in [7, 11) is 0. The van der Waals surface area contributed by atoms with E-state index < -0.39 is 0 Å². The topological polar surface area (TPSA) is 19.4 Å². The van der Waals surface area contributed by atoms with E-state index in [9.17, 15) is 0 Å². The van der Waals surface area contributed by atoms with Crippen LogP contribution in [0.15, 0.2) is 85.1 Å². The molecule has 0 unspecified atom stereocenters. The number of benzene rings is 3. The molecule has 1 aromatic heterocycles. The monoisotopic (exact) mass is 555 g/mol. The minimum absolute atomic E-state index is 0.0473. The highest BCUT2D eigenvalue weighted by Gasteiger charge is 2.49. The maximum absolute atomic E-state index is 5.06. The second-order valence-corrected chi connectivity index (χ2v) is 15.1. The van der Waals surface area contributed by atoms with Crippen molar-refractivity contribution in [2.45, 2.75) is 91.9 Å². The fourth-order valence-electron chi connectivity index (χ4n) is 8.48. The number of pyridine rings is 1. The summed E-state index contributed by atoms with van der Waals surface area (Å²) in [5.41, 5.74) is 11.0. The Morgan fingerprint density at radius 2 is 1.24 bits per heavy atom. The van der Waals surface area contributed by atoms with Crippen molar-refractivity contribution in [3.8, 4) is 0 Å². The Balaban J connectivity index is 1.70. The van der Waals surface area contributed by atoms with Crippen molar-refractivity contribution in [2.75, 3.05) is 9.62 Å². The van der Waals surface area contributed by atoms with Gasteiger partial charge in [0.15, 0.2) is 0 Å². The molecular formula is C38H46BN3. The van der Waals surface area contributed by atoms with Crippen LogP contribution < -0.4 is 15.1 Å². The maximum Gasteiger partial charge on any atom is 0.422 e. The summed E-state index contributed by atoms with van der Waals surface area (Å²) in [6, 6.07) is 29.1. The highest BCUT2D eigenvalue weighted by atomic mass is 15.3. The average Bonchev–Trinajstić information content (AvgIpc) is 3.26. The third kappa shape index (κ3) is 4.73. The fraction of sp³-hybridized carbons (Fsp3) is 0.395. The molecule has 216 valence electrons. The van der Waals surface area contributed by atoms with Gasteiger partial charge in [0, 0.05) is 17.6 Å². The number of aryl methyl sites for hydroxylation is 1. The van der Waals surface area contributed by atoms with E-state index in [2.05, 4.69) is 151 Å². The predicted octanol–water partition coefficient (Wildman–Crippen LogP) is 9.57. The molecular weight excluding hydrogens is 509 g/mol. The third-order valence-electron chi connectivity index (χ3n) is 9.56. The summed E-state index contributed by atoms with van der Waals surface area (Å²) in [5, 5.41) is 0. The lowest BCUT2D eigenvalue weighted by Crippen LogP contribution is -2.55. The van der Waals surface area contributed by atoms with Crippen LogP contribution in [0, 0.1) is 12.3 Å². The lowest BCUT2D eigenvalue weighted by molar-refractivity contribution is 0.213. The molecule has 3 aromatic carbocycles. The number of aromatic nitrogens is 1. The van der Waals surface area contributed by atoms with Gasteiger partial charge in [0.2, 0.25) is 0 Å². The van der Waals surface area contributed by atoms with E-state index in [0.29, 0.717) is 5.92 Å². The third-order valence-corrected chi connectivity index (χ3v) is 9.56. The number of hydrogen-bond acceptors (Lipinski definition) is 3. The van der Waals surface area contributed by atoms with E-state index in [-0.39, 0.29) is 23.2 Å². The molecule has 3 nitrogen and oxygen atoms in total. The molecule has 1 aliphatic carbocycles. The van der Waals surface area contributed by atoms with Gasteiger partial charge in [-0.3, -0.25) is 0 Å². The van der Waals surface area contributed by atoms with Gasteiger partial charge in [-0.2, -0.15) is 0 Å². The summed E-state index contributed by atoms with van der Waals surface area (Å²) in [5.74, 6) is 1.38. The van der Waals surface area contributed by atoms with Gasteiger partial charge in [-0.15, -0.1) is 0 Å². The summed E-state index contributed by atoms with van der Waals surface area (Å²) >= 11 is 0. The van der Waals surface area contributed by atoms with Crippen LogP contribution in [0.3, 0.4) is 0 Å². The average molecular weight is 556 g/mol. The summed E-state index contributed by atoms with van der Waals surface area (Å²) < 4.78 is 0. The second kappa shape index (κ2) is 10.0. The Hall–Kier alpha value is -3.53. The first-order chi connectivity index (χ1) is 19.8. The quantitative estimate of drug-likeness (QED) is 0.185. The zero-order valence-electron chi connectivity index (χ0n) is 27.0. The van der Waals surface area contributed by atoms with Crippen LogP contribution in [0.4, 0.5) is 22.9 Å². The molecule has 0 saturated heterocycles.